The molecule has 37 heavy (non-hydrogen) atoms. The quantitative estimate of drug-likeness (QED) is 0.420. The largest absolute Gasteiger partial charge is 0.485 e. The molecule has 1 fully saturated rings. The highest BCUT2D eigenvalue weighted by atomic mass is 32.2. The molecule has 3 aromatic carbocycles. The lowest BCUT2D eigenvalue weighted by atomic mass is 9.68. The van der Waals surface area contributed by atoms with Gasteiger partial charge in [-0.05, 0) is 61.4 Å². The first-order chi connectivity index (χ1) is 17.6. The van der Waals surface area contributed by atoms with E-state index in [1.807, 2.05) is 30.3 Å². The summed E-state index contributed by atoms with van der Waals surface area (Å²) < 4.78 is 61.4. The van der Waals surface area contributed by atoms with Crippen molar-refractivity contribution in [3.63, 3.8) is 0 Å². The number of rotatable bonds is 9. The van der Waals surface area contributed by atoms with Gasteiger partial charge in [0.05, 0.1) is 11.7 Å². The van der Waals surface area contributed by atoms with E-state index in [1.165, 1.54) is 18.2 Å². The number of benzene rings is 3. The van der Waals surface area contributed by atoms with Crippen LogP contribution < -0.4 is 15.2 Å². The van der Waals surface area contributed by atoms with Gasteiger partial charge in [0.2, 0.25) is 15.9 Å². The van der Waals surface area contributed by atoms with Crippen LogP contribution in [0, 0.1) is 17.0 Å². The molecule has 0 radical (unpaired) electrons. The number of hydrogen-bond acceptors (Lipinski definition) is 4. The lowest BCUT2D eigenvalue weighted by Gasteiger charge is -2.38. The second kappa shape index (κ2) is 11.0. The first-order valence-electron chi connectivity index (χ1n) is 12.1. The number of hydrogen-bond donors (Lipinski definition) is 2. The van der Waals surface area contributed by atoms with Gasteiger partial charge in [-0.15, -0.1) is 0 Å². The Morgan fingerprint density at radius 3 is 2.32 bits per heavy atom. The molecule has 0 aliphatic heterocycles. The minimum absolute atomic E-state index is 0.0561. The van der Waals surface area contributed by atoms with Crippen molar-refractivity contribution in [2.24, 2.45) is 11.1 Å². The number of nitrogens with one attached hydrogen (secondary N) is 1. The van der Waals surface area contributed by atoms with Crippen molar-refractivity contribution >= 4 is 15.9 Å². The summed E-state index contributed by atoms with van der Waals surface area (Å²) in [6, 6.07) is 17.8. The Kier molecular flexibility index (Phi) is 7.94. The van der Waals surface area contributed by atoms with Crippen LogP contribution in [-0.2, 0) is 27.8 Å². The van der Waals surface area contributed by atoms with Crippen molar-refractivity contribution in [3.05, 3.63) is 89.5 Å². The van der Waals surface area contributed by atoms with Crippen molar-refractivity contribution in [1.29, 1.82) is 0 Å². The second-order valence-corrected chi connectivity index (χ2v) is 11.5. The lowest BCUT2D eigenvalue weighted by Crippen LogP contribution is -2.46. The third-order valence-corrected chi connectivity index (χ3v) is 7.66. The first kappa shape index (κ1) is 26.8. The molecule has 0 saturated heterocycles. The Hall–Kier alpha value is -3.30. The zero-order valence-corrected chi connectivity index (χ0v) is 21.4. The maximum absolute atomic E-state index is 15.0. The van der Waals surface area contributed by atoms with E-state index in [1.54, 1.807) is 18.2 Å². The monoisotopic (exact) mass is 528 g/mol. The molecule has 0 spiro atoms. The lowest BCUT2D eigenvalue weighted by molar-refractivity contribution is -0.129. The predicted molar refractivity (Wildman–Crippen MR) is 138 cm³/mol. The molecule has 1 aliphatic rings. The van der Waals surface area contributed by atoms with Crippen LogP contribution in [0.2, 0.25) is 0 Å². The topological polar surface area (TPSA) is 98.5 Å². The molecule has 9 heteroatoms. The standard InChI is InChI=1S/C28H30F2N2O4S/c1-37(34,35)32-21-12-14-28(15-13-21,27(31)33)17-20-10-11-24(29)23(16-20)22-8-5-9-25(30)26(22)36-18-19-6-3-2-4-7-19/h2-11,16,21,32H,12-15,17-18H2,1H3,(H2,31,33). The van der Waals surface area contributed by atoms with Crippen molar-refractivity contribution in [2.75, 3.05) is 6.26 Å². The number of nitrogens with two attached hydrogens (primary N) is 1. The molecule has 196 valence electrons. The second-order valence-electron chi connectivity index (χ2n) is 9.69. The van der Waals surface area contributed by atoms with Crippen molar-refractivity contribution in [3.8, 4) is 16.9 Å². The van der Waals surface area contributed by atoms with Crippen LogP contribution in [0.15, 0.2) is 66.7 Å². The number of carbonyl (C=O) groups is 1. The predicted octanol–water partition coefficient (Wildman–Crippen LogP) is 4.72. The van der Waals surface area contributed by atoms with Crippen molar-refractivity contribution in [1.82, 2.24) is 4.72 Å². The van der Waals surface area contributed by atoms with Gasteiger partial charge in [-0.3, -0.25) is 4.79 Å². The maximum atomic E-state index is 15.0. The number of halogens is 2. The fraction of sp³-hybridized carbons (Fsp3) is 0.321. The van der Waals surface area contributed by atoms with E-state index in [4.69, 9.17) is 10.5 Å². The van der Waals surface area contributed by atoms with Gasteiger partial charge < -0.3 is 10.5 Å². The number of para-hydroxylation sites is 1. The average molecular weight is 529 g/mol. The summed E-state index contributed by atoms with van der Waals surface area (Å²) in [5.74, 6) is -1.69. The summed E-state index contributed by atoms with van der Waals surface area (Å²) in [6.07, 6.45) is 3.09. The molecule has 0 unspecified atom stereocenters. The maximum Gasteiger partial charge on any atom is 0.223 e. The summed E-state index contributed by atoms with van der Waals surface area (Å²) in [5.41, 5.74) is 6.87. The Morgan fingerprint density at radius 1 is 0.973 bits per heavy atom. The summed E-state index contributed by atoms with van der Waals surface area (Å²) in [6.45, 7) is 0.115. The number of ether oxygens (including phenoxy) is 1. The van der Waals surface area contributed by atoms with E-state index < -0.39 is 33.0 Å². The van der Waals surface area contributed by atoms with Gasteiger partial charge in [-0.2, -0.15) is 0 Å². The van der Waals surface area contributed by atoms with Crippen LogP contribution in [0.25, 0.3) is 11.1 Å². The number of carbonyl (C=O) groups excluding carboxylic acids is 1. The van der Waals surface area contributed by atoms with Gasteiger partial charge in [-0.25, -0.2) is 21.9 Å². The Labute approximate surface area is 215 Å². The van der Waals surface area contributed by atoms with Crippen LogP contribution in [0.1, 0.15) is 36.8 Å². The first-order valence-corrected chi connectivity index (χ1v) is 14.0. The summed E-state index contributed by atoms with van der Waals surface area (Å²) >= 11 is 0. The van der Waals surface area contributed by atoms with Crippen LogP contribution >= 0.6 is 0 Å². The van der Waals surface area contributed by atoms with Crippen LogP contribution in [0.5, 0.6) is 5.75 Å². The Balaban J connectivity index is 1.60. The molecule has 4 rings (SSSR count). The van der Waals surface area contributed by atoms with Gasteiger partial charge in [0.25, 0.3) is 0 Å². The van der Waals surface area contributed by atoms with Crippen LogP contribution in [-0.4, -0.2) is 26.6 Å². The zero-order chi connectivity index (χ0) is 26.6. The number of sulfonamides is 1. The summed E-state index contributed by atoms with van der Waals surface area (Å²) in [5, 5.41) is 0. The van der Waals surface area contributed by atoms with E-state index in [9.17, 15) is 17.6 Å². The fourth-order valence-electron chi connectivity index (χ4n) is 4.98. The van der Waals surface area contributed by atoms with E-state index in [-0.39, 0.29) is 35.9 Å². The third kappa shape index (κ3) is 6.53. The third-order valence-electron chi connectivity index (χ3n) is 6.90. The highest BCUT2D eigenvalue weighted by Gasteiger charge is 2.41. The SMILES string of the molecule is CS(=O)(=O)NC1CCC(Cc2ccc(F)c(-c3cccc(F)c3OCc3ccccc3)c2)(C(N)=O)CC1. The fourth-order valence-corrected chi connectivity index (χ4v) is 5.82. The normalized spacial score (nSPS) is 19.9. The molecule has 1 aliphatic carbocycles. The number of primary amides is 1. The minimum atomic E-state index is -3.36. The Morgan fingerprint density at radius 2 is 1.68 bits per heavy atom. The van der Waals surface area contributed by atoms with Gasteiger partial charge >= 0.3 is 0 Å². The van der Waals surface area contributed by atoms with Crippen molar-refractivity contribution in [2.45, 2.75) is 44.8 Å². The van der Waals surface area contributed by atoms with E-state index >= 15 is 4.39 Å². The molecule has 1 amide bonds. The molecule has 0 atom stereocenters. The summed E-state index contributed by atoms with van der Waals surface area (Å²) in [7, 11) is -3.36. The smallest absolute Gasteiger partial charge is 0.223 e. The highest BCUT2D eigenvalue weighted by molar-refractivity contribution is 7.88. The van der Waals surface area contributed by atoms with E-state index in [0.29, 0.717) is 31.2 Å². The Bertz CT molecular complexity index is 1370. The zero-order valence-electron chi connectivity index (χ0n) is 20.5. The van der Waals surface area contributed by atoms with Crippen LogP contribution in [0.3, 0.4) is 0 Å². The molecule has 1 saturated carbocycles. The molecular formula is C28H30F2N2O4S. The van der Waals surface area contributed by atoms with Crippen LogP contribution in [0.4, 0.5) is 8.78 Å². The van der Waals surface area contributed by atoms with E-state index in [0.717, 1.165) is 11.8 Å². The summed E-state index contributed by atoms with van der Waals surface area (Å²) in [4.78, 5) is 12.6. The van der Waals surface area contributed by atoms with Gasteiger partial charge in [0, 0.05) is 17.2 Å². The van der Waals surface area contributed by atoms with E-state index in [2.05, 4.69) is 4.72 Å². The van der Waals surface area contributed by atoms with Gasteiger partial charge in [0.1, 0.15) is 12.4 Å². The van der Waals surface area contributed by atoms with Gasteiger partial charge in [0.15, 0.2) is 11.6 Å². The highest BCUT2D eigenvalue weighted by Crippen LogP contribution is 2.41. The number of amides is 1. The molecule has 3 aromatic rings. The minimum Gasteiger partial charge on any atom is -0.485 e. The van der Waals surface area contributed by atoms with Gasteiger partial charge in [-0.1, -0.05) is 48.5 Å². The molecule has 6 nitrogen and oxygen atoms in total. The molecule has 0 bridgehead atoms. The molecular weight excluding hydrogens is 498 g/mol. The average Bonchev–Trinajstić information content (AvgIpc) is 2.85. The molecule has 0 aromatic heterocycles. The van der Waals surface area contributed by atoms with Crippen molar-refractivity contribution < 1.29 is 26.7 Å². The molecule has 0 heterocycles. The molecule has 3 N–H and O–H groups in total.